The Morgan fingerprint density at radius 3 is 2.86 bits per heavy atom. The fourth-order valence-electron chi connectivity index (χ4n) is 1.22. The van der Waals surface area contributed by atoms with Gasteiger partial charge in [-0.3, -0.25) is 4.79 Å². The molecule has 14 heavy (non-hydrogen) atoms. The lowest BCUT2D eigenvalue weighted by molar-refractivity contribution is 0.628. The van der Waals surface area contributed by atoms with Gasteiger partial charge in [-0.1, -0.05) is 0 Å². The lowest BCUT2D eigenvalue weighted by Crippen LogP contribution is -1.98. The molecule has 2 aromatic rings. The highest BCUT2D eigenvalue weighted by molar-refractivity contribution is 7.10. The van der Waals surface area contributed by atoms with Crippen LogP contribution in [0.4, 0.5) is 4.39 Å². The van der Waals surface area contributed by atoms with Crippen LogP contribution in [0.5, 0.6) is 0 Å². The van der Waals surface area contributed by atoms with Gasteiger partial charge in [0.2, 0.25) is 0 Å². The molecule has 0 bridgehead atoms. The molecule has 0 aliphatic rings. The lowest BCUT2D eigenvalue weighted by Gasteiger charge is -1.97. The minimum Gasteiger partial charge on any atom is -0.361 e. The van der Waals surface area contributed by atoms with Gasteiger partial charge in [0, 0.05) is 34.2 Å². The van der Waals surface area contributed by atoms with E-state index in [0.29, 0.717) is 16.1 Å². The third-order valence-corrected chi connectivity index (χ3v) is 2.85. The van der Waals surface area contributed by atoms with Gasteiger partial charge in [-0.25, -0.2) is 4.39 Å². The minimum atomic E-state index is -0.253. The number of hydrogen-bond donors (Lipinski definition) is 1. The molecular formula is C10H8FNOS. The van der Waals surface area contributed by atoms with Crippen LogP contribution in [0.15, 0.2) is 28.5 Å². The molecule has 2 nitrogen and oxygen atoms in total. The minimum absolute atomic E-state index is 0.123. The molecule has 4 heteroatoms. The third-order valence-electron chi connectivity index (χ3n) is 1.96. The van der Waals surface area contributed by atoms with E-state index in [4.69, 9.17) is 0 Å². The Balaban J connectivity index is 2.60. The Hall–Kier alpha value is -1.42. The van der Waals surface area contributed by atoms with Crippen LogP contribution in [0.1, 0.15) is 4.88 Å². The van der Waals surface area contributed by atoms with Crippen molar-refractivity contribution in [3.8, 4) is 11.3 Å². The smallest absolute Gasteiger partial charge is 0.182 e. The highest BCUT2D eigenvalue weighted by atomic mass is 32.1. The SMILES string of the molecule is Cc1scc(-c2cc(=O)cc[nH]2)c1F. The maximum absolute atomic E-state index is 13.5. The number of nitrogens with one attached hydrogen (secondary N) is 1. The molecule has 0 aliphatic carbocycles. The molecule has 0 atom stereocenters. The molecule has 2 aromatic heterocycles. The first-order chi connectivity index (χ1) is 6.68. The largest absolute Gasteiger partial charge is 0.361 e. The van der Waals surface area contributed by atoms with Gasteiger partial charge in [-0.05, 0) is 6.92 Å². The summed E-state index contributed by atoms with van der Waals surface area (Å²) in [5, 5.41) is 1.70. The van der Waals surface area contributed by atoms with Crippen molar-refractivity contribution in [2.75, 3.05) is 0 Å². The maximum Gasteiger partial charge on any atom is 0.182 e. The van der Waals surface area contributed by atoms with Gasteiger partial charge >= 0.3 is 0 Å². The number of hydrogen-bond acceptors (Lipinski definition) is 2. The Labute approximate surface area is 84.0 Å². The average molecular weight is 209 g/mol. The predicted molar refractivity (Wildman–Crippen MR) is 55.1 cm³/mol. The number of aromatic amines is 1. The topological polar surface area (TPSA) is 32.9 Å². The van der Waals surface area contributed by atoms with E-state index >= 15 is 0 Å². The van der Waals surface area contributed by atoms with E-state index in [9.17, 15) is 9.18 Å². The predicted octanol–water partition coefficient (Wildman–Crippen LogP) is 2.55. The van der Waals surface area contributed by atoms with E-state index in [1.807, 2.05) is 0 Å². The van der Waals surface area contributed by atoms with Crippen LogP contribution in [0.25, 0.3) is 11.3 Å². The van der Waals surface area contributed by atoms with Gasteiger partial charge in [0.15, 0.2) is 5.43 Å². The van der Waals surface area contributed by atoms with E-state index in [1.165, 1.54) is 29.7 Å². The van der Waals surface area contributed by atoms with E-state index in [0.717, 1.165) is 0 Å². The third kappa shape index (κ3) is 1.48. The second-order valence-corrected chi connectivity index (χ2v) is 4.04. The summed E-state index contributed by atoms with van der Waals surface area (Å²) in [6.07, 6.45) is 1.52. The Morgan fingerprint density at radius 2 is 2.29 bits per heavy atom. The zero-order valence-corrected chi connectivity index (χ0v) is 8.32. The molecule has 0 spiro atoms. The molecule has 0 amide bonds. The molecule has 2 heterocycles. The first-order valence-electron chi connectivity index (χ1n) is 4.11. The van der Waals surface area contributed by atoms with Crippen molar-refractivity contribution in [3.63, 3.8) is 0 Å². The summed E-state index contributed by atoms with van der Waals surface area (Å²) in [6, 6.07) is 2.80. The van der Waals surface area contributed by atoms with E-state index in [-0.39, 0.29) is 11.2 Å². The second kappa shape index (κ2) is 3.38. The van der Waals surface area contributed by atoms with E-state index < -0.39 is 0 Å². The molecular weight excluding hydrogens is 201 g/mol. The van der Waals surface area contributed by atoms with Gasteiger partial charge in [-0.15, -0.1) is 11.3 Å². The van der Waals surface area contributed by atoms with Crippen molar-refractivity contribution in [2.45, 2.75) is 6.92 Å². The molecule has 1 N–H and O–H groups in total. The summed E-state index contributed by atoms with van der Waals surface area (Å²) in [7, 11) is 0. The first-order valence-corrected chi connectivity index (χ1v) is 4.99. The van der Waals surface area contributed by atoms with Gasteiger partial charge in [0.25, 0.3) is 0 Å². The molecule has 0 saturated carbocycles. The monoisotopic (exact) mass is 209 g/mol. The van der Waals surface area contributed by atoms with Gasteiger partial charge in [0.1, 0.15) is 5.82 Å². The number of aryl methyl sites for hydroxylation is 1. The Morgan fingerprint density at radius 1 is 1.50 bits per heavy atom. The van der Waals surface area contributed by atoms with Crippen LogP contribution in [0.2, 0.25) is 0 Å². The van der Waals surface area contributed by atoms with Gasteiger partial charge in [0.05, 0.1) is 5.69 Å². The number of H-pyrrole nitrogens is 1. The lowest BCUT2D eigenvalue weighted by atomic mass is 10.2. The number of pyridine rings is 1. The van der Waals surface area contributed by atoms with Crippen LogP contribution >= 0.6 is 11.3 Å². The summed E-state index contributed by atoms with van der Waals surface area (Å²) < 4.78 is 13.5. The fraction of sp³-hybridized carbons (Fsp3) is 0.100. The highest BCUT2D eigenvalue weighted by Gasteiger charge is 2.10. The first kappa shape index (κ1) is 9.15. The Bertz CT molecular complexity index is 515. The number of thiophene rings is 1. The van der Waals surface area contributed by atoms with Crippen LogP contribution in [-0.4, -0.2) is 4.98 Å². The van der Waals surface area contributed by atoms with Crippen molar-refractivity contribution < 1.29 is 4.39 Å². The summed E-state index contributed by atoms with van der Waals surface area (Å²) in [6.45, 7) is 1.71. The quantitative estimate of drug-likeness (QED) is 0.769. The van der Waals surface area contributed by atoms with Crippen molar-refractivity contribution >= 4 is 11.3 Å². The molecule has 0 unspecified atom stereocenters. The van der Waals surface area contributed by atoms with Crippen LogP contribution < -0.4 is 5.43 Å². The van der Waals surface area contributed by atoms with Crippen LogP contribution in [-0.2, 0) is 0 Å². The van der Waals surface area contributed by atoms with E-state index in [1.54, 1.807) is 12.3 Å². The summed E-state index contributed by atoms with van der Waals surface area (Å²) in [5.41, 5.74) is 0.867. The average Bonchev–Trinajstić information content (AvgIpc) is 2.48. The fourth-order valence-corrected chi connectivity index (χ4v) is 1.96. The summed E-state index contributed by atoms with van der Waals surface area (Å²) >= 11 is 1.33. The van der Waals surface area contributed by atoms with Gasteiger partial charge in [-0.2, -0.15) is 0 Å². The highest BCUT2D eigenvalue weighted by Crippen LogP contribution is 2.27. The van der Waals surface area contributed by atoms with Crippen LogP contribution in [0, 0.1) is 12.7 Å². The van der Waals surface area contributed by atoms with Crippen molar-refractivity contribution in [2.24, 2.45) is 0 Å². The molecule has 0 fully saturated rings. The molecule has 0 aliphatic heterocycles. The second-order valence-electron chi connectivity index (χ2n) is 2.96. The molecule has 0 radical (unpaired) electrons. The molecule has 0 aromatic carbocycles. The van der Waals surface area contributed by atoms with Crippen molar-refractivity contribution in [3.05, 3.63) is 44.6 Å². The molecule has 2 rings (SSSR count). The standard InChI is InChI=1S/C10H8FNOS/c1-6-10(11)8(5-14-6)9-4-7(13)2-3-12-9/h2-5H,1H3,(H,12,13). The van der Waals surface area contributed by atoms with Gasteiger partial charge < -0.3 is 4.98 Å². The number of halogens is 1. The normalized spacial score (nSPS) is 10.4. The maximum atomic E-state index is 13.5. The van der Waals surface area contributed by atoms with E-state index in [2.05, 4.69) is 4.98 Å². The molecule has 0 saturated heterocycles. The van der Waals surface area contributed by atoms with Crippen molar-refractivity contribution in [1.82, 2.24) is 4.98 Å². The molecule has 72 valence electrons. The zero-order valence-electron chi connectivity index (χ0n) is 7.50. The van der Waals surface area contributed by atoms with Crippen LogP contribution in [0.3, 0.4) is 0 Å². The summed E-state index contributed by atoms with van der Waals surface area (Å²) in [5.74, 6) is -0.253. The van der Waals surface area contributed by atoms with Crippen molar-refractivity contribution in [1.29, 1.82) is 0 Å². The number of aromatic nitrogens is 1. The Kier molecular flexibility index (Phi) is 2.21. The number of rotatable bonds is 1. The summed E-state index contributed by atoms with van der Waals surface area (Å²) in [4.78, 5) is 14.5. The zero-order chi connectivity index (χ0) is 10.1.